The lowest BCUT2D eigenvalue weighted by atomic mass is 9.69. The van der Waals surface area contributed by atoms with Crippen molar-refractivity contribution in [3.63, 3.8) is 0 Å². The molecule has 19 heavy (non-hydrogen) atoms. The smallest absolute Gasteiger partial charge is 0.0648 e. The number of unbranched alkanes of at least 4 members (excludes halogenated alkanes) is 7. The molecule has 0 heterocycles. The highest BCUT2D eigenvalue weighted by Crippen LogP contribution is 2.42. The molecule has 0 atom stereocenters. The molecule has 1 aliphatic rings. The molecule has 0 aromatic heterocycles. The second-order valence-electron chi connectivity index (χ2n) is 7.61. The van der Waals surface area contributed by atoms with Gasteiger partial charge >= 0.3 is 0 Å². The average Bonchev–Trinajstić information content (AvgIpc) is 2.37. The van der Waals surface area contributed by atoms with Crippen LogP contribution in [0.15, 0.2) is 0 Å². The highest BCUT2D eigenvalue weighted by atomic mass is 16.3. The summed E-state index contributed by atoms with van der Waals surface area (Å²) in [6, 6.07) is 0. The van der Waals surface area contributed by atoms with Crippen molar-refractivity contribution in [2.45, 2.75) is 110 Å². The Bertz CT molecular complexity index is 222. The normalized spacial score (nSPS) is 21.5. The van der Waals surface area contributed by atoms with Crippen LogP contribution in [-0.2, 0) is 0 Å². The molecule has 1 heteroatoms. The van der Waals surface area contributed by atoms with E-state index >= 15 is 0 Å². The quantitative estimate of drug-likeness (QED) is 0.520. The van der Waals surface area contributed by atoms with Gasteiger partial charge in [0.1, 0.15) is 0 Å². The standard InChI is InChI=1S/C18H36O/c1-4-5-6-7-8-9-10-11-12-18(19)15-13-17(2,3)14-16-18/h19H,4-16H2,1-3H3. The summed E-state index contributed by atoms with van der Waals surface area (Å²) in [5.41, 5.74) is 0.142. The second-order valence-corrected chi connectivity index (χ2v) is 7.61. The molecule has 0 spiro atoms. The maximum atomic E-state index is 10.6. The van der Waals surface area contributed by atoms with Gasteiger partial charge in [0.25, 0.3) is 0 Å². The van der Waals surface area contributed by atoms with E-state index in [4.69, 9.17) is 0 Å². The van der Waals surface area contributed by atoms with E-state index in [0.29, 0.717) is 5.41 Å². The van der Waals surface area contributed by atoms with E-state index in [-0.39, 0.29) is 5.60 Å². The number of aliphatic hydroxyl groups is 1. The van der Waals surface area contributed by atoms with Crippen LogP contribution >= 0.6 is 0 Å². The molecule has 0 amide bonds. The predicted octanol–water partition coefficient (Wildman–Crippen LogP) is 5.85. The maximum Gasteiger partial charge on any atom is 0.0648 e. The molecule has 0 radical (unpaired) electrons. The first-order chi connectivity index (χ1) is 8.97. The minimum atomic E-state index is -0.322. The lowest BCUT2D eigenvalue weighted by Gasteiger charge is -2.40. The van der Waals surface area contributed by atoms with Gasteiger partial charge < -0.3 is 5.11 Å². The van der Waals surface area contributed by atoms with E-state index in [0.717, 1.165) is 19.3 Å². The molecular weight excluding hydrogens is 232 g/mol. The number of rotatable bonds is 9. The van der Waals surface area contributed by atoms with E-state index in [2.05, 4.69) is 20.8 Å². The molecule has 0 bridgehead atoms. The zero-order valence-electron chi connectivity index (χ0n) is 13.6. The van der Waals surface area contributed by atoms with Crippen LogP contribution in [0.25, 0.3) is 0 Å². The van der Waals surface area contributed by atoms with Crippen molar-refractivity contribution in [1.82, 2.24) is 0 Å². The number of hydrogen-bond donors (Lipinski definition) is 1. The van der Waals surface area contributed by atoms with Gasteiger partial charge in [0, 0.05) is 0 Å². The molecular formula is C18H36O. The first-order valence-electron chi connectivity index (χ1n) is 8.70. The van der Waals surface area contributed by atoms with Crippen molar-refractivity contribution in [2.24, 2.45) is 5.41 Å². The van der Waals surface area contributed by atoms with E-state index in [1.165, 1.54) is 64.2 Å². The Hall–Kier alpha value is -0.0400. The van der Waals surface area contributed by atoms with Gasteiger partial charge in [-0.15, -0.1) is 0 Å². The summed E-state index contributed by atoms with van der Waals surface area (Å²) in [6.45, 7) is 6.94. The fraction of sp³-hybridized carbons (Fsp3) is 1.00. The van der Waals surface area contributed by atoms with Crippen molar-refractivity contribution in [1.29, 1.82) is 0 Å². The van der Waals surface area contributed by atoms with E-state index < -0.39 is 0 Å². The molecule has 1 N–H and O–H groups in total. The molecule has 114 valence electrons. The van der Waals surface area contributed by atoms with Gasteiger partial charge in [0.2, 0.25) is 0 Å². The first-order valence-corrected chi connectivity index (χ1v) is 8.70. The second kappa shape index (κ2) is 8.29. The van der Waals surface area contributed by atoms with Gasteiger partial charge in [0.05, 0.1) is 5.60 Å². The van der Waals surface area contributed by atoms with Crippen LogP contribution in [-0.4, -0.2) is 10.7 Å². The first kappa shape index (κ1) is 17.0. The molecule has 0 unspecified atom stereocenters. The average molecular weight is 268 g/mol. The third-order valence-corrected chi connectivity index (χ3v) is 5.03. The van der Waals surface area contributed by atoms with Gasteiger partial charge in [-0.3, -0.25) is 0 Å². The zero-order valence-corrected chi connectivity index (χ0v) is 13.6. The fourth-order valence-corrected chi connectivity index (χ4v) is 3.23. The van der Waals surface area contributed by atoms with Crippen molar-refractivity contribution in [3.8, 4) is 0 Å². The monoisotopic (exact) mass is 268 g/mol. The van der Waals surface area contributed by atoms with Gasteiger partial charge in [-0.05, 0) is 37.5 Å². The topological polar surface area (TPSA) is 20.2 Å². The van der Waals surface area contributed by atoms with Gasteiger partial charge in [-0.2, -0.15) is 0 Å². The molecule has 0 aromatic carbocycles. The summed E-state index contributed by atoms with van der Waals surface area (Å²) in [5, 5.41) is 10.6. The summed E-state index contributed by atoms with van der Waals surface area (Å²) < 4.78 is 0. The highest BCUT2D eigenvalue weighted by Gasteiger charge is 2.35. The number of hydrogen-bond acceptors (Lipinski definition) is 1. The lowest BCUT2D eigenvalue weighted by Crippen LogP contribution is -2.36. The SMILES string of the molecule is CCCCCCCCCCC1(O)CCC(C)(C)CC1. The van der Waals surface area contributed by atoms with Gasteiger partial charge in [0.15, 0.2) is 0 Å². The predicted molar refractivity (Wildman–Crippen MR) is 84.4 cm³/mol. The third-order valence-electron chi connectivity index (χ3n) is 5.03. The Labute approximate surface area is 121 Å². The fourth-order valence-electron chi connectivity index (χ4n) is 3.23. The van der Waals surface area contributed by atoms with Crippen LogP contribution in [0.4, 0.5) is 0 Å². The van der Waals surface area contributed by atoms with Crippen LogP contribution in [0, 0.1) is 5.41 Å². The van der Waals surface area contributed by atoms with Crippen molar-refractivity contribution >= 4 is 0 Å². The van der Waals surface area contributed by atoms with Crippen LogP contribution in [0.5, 0.6) is 0 Å². The Morgan fingerprint density at radius 1 is 0.737 bits per heavy atom. The van der Waals surface area contributed by atoms with E-state index in [1.54, 1.807) is 0 Å². The van der Waals surface area contributed by atoms with Crippen molar-refractivity contribution in [2.75, 3.05) is 0 Å². The van der Waals surface area contributed by atoms with Crippen LogP contribution in [0.3, 0.4) is 0 Å². The van der Waals surface area contributed by atoms with Crippen molar-refractivity contribution in [3.05, 3.63) is 0 Å². The highest BCUT2D eigenvalue weighted by molar-refractivity contribution is 4.88. The third kappa shape index (κ3) is 7.34. The zero-order chi connectivity index (χ0) is 14.2. The minimum Gasteiger partial charge on any atom is -0.390 e. The summed E-state index contributed by atoms with van der Waals surface area (Å²) >= 11 is 0. The Morgan fingerprint density at radius 3 is 1.74 bits per heavy atom. The van der Waals surface area contributed by atoms with E-state index in [9.17, 15) is 5.11 Å². The minimum absolute atomic E-state index is 0.322. The maximum absolute atomic E-state index is 10.6. The summed E-state index contributed by atoms with van der Waals surface area (Å²) in [4.78, 5) is 0. The lowest BCUT2D eigenvalue weighted by molar-refractivity contribution is -0.0337. The summed E-state index contributed by atoms with van der Waals surface area (Å²) in [7, 11) is 0. The molecule has 1 nitrogen and oxygen atoms in total. The molecule has 1 rings (SSSR count). The summed E-state index contributed by atoms with van der Waals surface area (Å²) in [6.07, 6.45) is 16.3. The van der Waals surface area contributed by atoms with Crippen LogP contribution < -0.4 is 0 Å². The largest absolute Gasteiger partial charge is 0.390 e. The molecule has 0 aliphatic heterocycles. The van der Waals surface area contributed by atoms with Crippen LogP contribution in [0.2, 0.25) is 0 Å². The Kier molecular flexibility index (Phi) is 7.42. The van der Waals surface area contributed by atoms with E-state index in [1.807, 2.05) is 0 Å². The Balaban J connectivity index is 2.00. The molecule has 1 aliphatic carbocycles. The Morgan fingerprint density at radius 2 is 1.21 bits per heavy atom. The van der Waals surface area contributed by atoms with Gasteiger partial charge in [-0.25, -0.2) is 0 Å². The summed E-state index contributed by atoms with van der Waals surface area (Å²) in [5.74, 6) is 0. The van der Waals surface area contributed by atoms with Crippen molar-refractivity contribution < 1.29 is 5.11 Å². The van der Waals surface area contributed by atoms with Gasteiger partial charge in [-0.1, -0.05) is 72.1 Å². The molecule has 1 saturated carbocycles. The molecule has 1 fully saturated rings. The molecule has 0 saturated heterocycles. The molecule has 0 aromatic rings. The van der Waals surface area contributed by atoms with Crippen LogP contribution in [0.1, 0.15) is 104 Å².